The van der Waals surface area contributed by atoms with E-state index in [2.05, 4.69) is 32.3 Å². The Kier molecular flexibility index (Phi) is 6.03. The Morgan fingerprint density at radius 1 is 0.963 bits per heavy atom. The molecule has 1 aromatic carbocycles. The largest absolute Gasteiger partial charge is 0.354 e. The van der Waals surface area contributed by atoms with Gasteiger partial charge >= 0.3 is 0 Å². The van der Waals surface area contributed by atoms with E-state index in [1.807, 2.05) is 6.07 Å². The van der Waals surface area contributed by atoms with Crippen LogP contribution in [-0.4, -0.2) is 54.4 Å². The molecule has 0 radical (unpaired) electrons. The van der Waals surface area contributed by atoms with E-state index in [4.69, 9.17) is 0 Å². The van der Waals surface area contributed by atoms with Gasteiger partial charge in [-0.2, -0.15) is 0 Å². The number of hydrogen-bond acceptors (Lipinski definition) is 5. The monoisotopic (exact) mass is 367 g/mol. The summed E-state index contributed by atoms with van der Waals surface area (Å²) in [6, 6.07) is 10.7. The normalized spacial score (nSPS) is 14.7. The fourth-order valence-electron chi connectivity index (χ4n) is 3.04. The van der Waals surface area contributed by atoms with Crippen molar-refractivity contribution in [3.8, 4) is 0 Å². The molecule has 0 saturated carbocycles. The molecule has 1 aliphatic rings. The van der Waals surface area contributed by atoms with Gasteiger partial charge in [0.15, 0.2) is 0 Å². The molecule has 0 bridgehead atoms. The van der Waals surface area contributed by atoms with E-state index in [9.17, 15) is 9.59 Å². The maximum Gasteiger partial charge on any atom is 0.257 e. The number of benzene rings is 1. The van der Waals surface area contributed by atoms with Gasteiger partial charge in [-0.3, -0.25) is 9.59 Å². The predicted octanol–water partition coefficient (Wildman–Crippen LogP) is 2.43. The molecule has 2 N–H and O–H groups in total. The standard InChI is InChI=1S/C20H25N5O2/c1-3-24-10-12-25(13-11-24)19-9-4-16(14-21-19)20(27)23-18-7-5-17(6-8-18)22-15(2)26/h4-9,14H,3,10-13H2,1-2H3,(H,22,26)(H,23,27). The van der Waals surface area contributed by atoms with Crippen molar-refractivity contribution in [2.75, 3.05) is 48.3 Å². The Labute approximate surface area is 159 Å². The van der Waals surface area contributed by atoms with E-state index in [1.54, 1.807) is 36.5 Å². The van der Waals surface area contributed by atoms with Crippen LogP contribution in [0.4, 0.5) is 17.2 Å². The lowest BCUT2D eigenvalue weighted by atomic mass is 10.2. The van der Waals surface area contributed by atoms with Crippen molar-refractivity contribution in [2.45, 2.75) is 13.8 Å². The molecule has 0 atom stereocenters. The molecular weight excluding hydrogens is 342 g/mol. The summed E-state index contributed by atoms with van der Waals surface area (Å²) in [5.74, 6) is 0.563. The number of carbonyl (C=O) groups is 2. The Morgan fingerprint density at radius 2 is 1.59 bits per heavy atom. The van der Waals surface area contributed by atoms with Crippen LogP contribution in [0.15, 0.2) is 42.6 Å². The molecule has 1 aromatic heterocycles. The lowest BCUT2D eigenvalue weighted by molar-refractivity contribution is -0.114. The second-order valence-corrected chi connectivity index (χ2v) is 6.54. The van der Waals surface area contributed by atoms with Crippen molar-refractivity contribution >= 4 is 29.0 Å². The molecule has 1 saturated heterocycles. The van der Waals surface area contributed by atoms with Crippen LogP contribution in [-0.2, 0) is 4.79 Å². The van der Waals surface area contributed by atoms with Crippen LogP contribution in [0.5, 0.6) is 0 Å². The highest BCUT2D eigenvalue weighted by molar-refractivity contribution is 6.04. The number of pyridine rings is 1. The number of amides is 2. The Morgan fingerprint density at radius 3 is 2.11 bits per heavy atom. The fraction of sp³-hybridized carbons (Fsp3) is 0.350. The van der Waals surface area contributed by atoms with E-state index < -0.39 is 0 Å². The summed E-state index contributed by atoms with van der Waals surface area (Å²) in [5, 5.41) is 5.53. The first kappa shape index (κ1) is 18.8. The van der Waals surface area contributed by atoms with Crippen LogP contribution in [0, 0.1) is 0 Å². The van der Waals surface area contributed by atoms with Crippen molar-refractivity contribution in [3.63, 3.8) is 0 Å². The van der Waals surface area contributed by atoms with Gasteiger partial charge in [0.2, 0.25) is 5.91 Å². The summed E-state index contributed by atoms with van der Waals surface area (Å²) in [4.78, 5) is 32.6. The minimum absolute atomic E-state index is 0.131. The van der Waals surface area contributed by atoms with Crippen LogP contribution in [0.2, 0.25) is 0 Å². The number of piperazine rings is 1. The summed E-state index contributed by atoms with van der Waals surface area (Å²) < 4.78 is 0. The summed E-state index contributed by atoms with van der Waals surface area (Å²) in [5.41, 5.74) is 1.86. The summed E-state index contributed by atoms with van der Waals surface area (Å²) >= 11 is 0. The van der Waals surface area contributed by atoms with Crippen LogP contribution >= 0.6 is 0 Å². The molecule has 7 heteroatoms. The van der Waals surface area contributed by atoms with Crippen LogP contribution in [0.25, 0.3) is 0 Å². The van der Waals surface area contributed by atoms with E-state index in [0.717, 1.165) is 38.5 Å². The van der Waals surface area contributed by atoms with E-state index >= 15 is 0 Å². The maximum atomic E-state index is 12.4. The highest BCUT2D eigenvalue weighted by atomic mass is 16.2. The zero-order chi connectivity index (χ0) is 19.2. The molecule has 2 aromatic rings. The first-order valence-electron chi connectivity index (χ1n) is 9.17. The maximum absolute atomic E-state index is 12.4. The molecule has 2 amide bonds. The molecule has 27 heavy (non-hydrogen) atoms. The van der Waals surface area contributed by atoms with Crippen molar-refractivity contribution in [2.24, 2.45) is 0 Å². The first-order valence-corrected chi connectivity index (χ1v) is 9.17. The van der Waals surface area contributed by atoms with Gasteiger partial charge in [-0.15, -0.1) is 0 Å². The van der Waals surface area contributed by atoms with Crippen molar-refractivity contribution in [3.05, 3.63) is 48.2 Å². The molecule has 2 heterocycles. The molecule has 0 unspecified atom stereocenters. The molecule has 0 spiro atoms. The van der Waals surface area contributed by atoms with E-state index in [1.165, 1.54) is 6.92 Å². The number of nitrogens with zero attached hydrogens (tertiary/aromatic N) is 3. The predicted molar refractivity (Wildman–Crippen MR) is 107 cm³/mol. The van der Waals surface area contributed by atoms with Gasteiger partial charge in [0, 0.05) is 50.7 Å². The molecule has 0 aliphatic carbocycles. The highest BCUT2D eigenvalue weighted by Gasteiger charge is 2.17. The average molecular weight is 367 g/mol. The first-order chi connectivity index (χ1) is 13.0. The minimum atomic E-state index is -0.211. The third-order valence-electron chi connectivity index (χ3n) is 4.62. The SMILES string of the molecule is CCN1CCN(c2ccc(C(=O)Nc3ccc(NC(C)=O)cc3)cn2)CC1. The van der Waals surface area contributed by atoms with Crippen LogP contribution in [0.3, 0.4) is 0 Å². The molecule has 7 nitrogen and oxygen atoms in total. The highest BCUT2D eigenvalue weighted by Crippen LogP contribution is 2.17. The van der Waals surface area contributed by atoms with Gasteiger partial charge < -0.3 is 20.4 Å². The molecule has 1 fully saturated rings. The average Bonchev–Trinajstić information content (AvgIpc) is 2.69. The molecule has 142 valence electrons. The summed E-state index contributed by atoms with van der Waals surface area (Å²) in [6.07, 6.45) is 1.61. The van der Waals surface area contributed by atoms with Gasteiger partial charge in [-0.05, 0) is 42.9 Å². The van der Waals surface area contributed by atoms with Crippen LogP contribution < -0.4 is 15.5 Å². The summed E-state index contributed by atoms with van der Waals surface area (Å²) in [6.45, 7) is 8.68. The zero-order valence-corrected chi connectivity index (χ0v) is 15.7. The number of rotatable bonds is 5. The second-order valence-electron chi connectivity index (χ2n) is 6.54. The number of aromatic nitrogens is 1. The Balaban J connectivity index is 1.58. The number of nitrogens with one attached hydrogen (secondary N) is 2. The van der Waals surface area contributed by atoms with Crippen molar-refractivity contribution < 1.29 is 9.59 Å². The van der Waals surface area contributed by atoms with Crippen molar-refractivity contribution in [1.29, 1.82) is 0 Å². The molecule has 1 aliphatic heterocycles. The molecular formula is C20H25N5O2. The Hall–Kier alpha value is -2.93. The van der Waals surface area contributed by atoms with Crippen LogP contribution in [0.1, 0.15) is 24.2 Å². The Bertz CT molecular complexity index is 781. The topological polar surface area (TPSA) is 77.6 Å². The second kappa shape index (κ2) is 8.64. The molecule has 3 rings (SSSR count). The van der Waals surface area contributed by atoms with Gasteiger partial charge in [0.05, 0.1) is 5.56 Å². The van der Waals surface area contributed by atoms with Gasteiger partial charge in [0.1, 0.15) is 5.82 Å². The van der Waals surface area contributed by atoms with Gasteiger partial charge in [-0.1, -0.05) is 6.92 Å². The smallest absolute Gasteiger partial charge is 0.257 e. The number of likely N-dealkylation sites (N-methyl/N-ethyl adjacent to an activating group) is 1. The third kappa shape index (κ3) is 5.04. The van der Waals surface area contributed by atoms with E-state index in [0.29, 0.717) is 16.9 Å². The number of anilines is 3. The van der Waals surface area contributed by atoms with Gasteiger partial charge in [0.25, 0.3) is 5.91 Å². The fourth-order valence-corrected chi connectivity index (χ4v) is 3.04. The minimum Gasteiger partial charge on any atom is -0.354 e. The summed E-state index contributed by atoms with van der Waals surface area (Å²) in [7, 11) is 0. The zero-order valence-electron chi connectivity index (χ0n) is 15.7. The number of carbonyl (C=O) groups excluding carboxylic acids is 2. The number of hydrogen-bond donors (Lipinski definition) is 2. The van der Waals surface area contributed by atoms with Gasteiger partial charge in [-0.25, -0.2) is 4.98 Å². The van der Waals surface area contributed by atoms with E-state index in [-0.39, 0.29) is 11.8 Å². The van der Waals surface area contributed by atoms with Crippen molar-refractivity contribution in [1.82, 2.24) is 9.88 Å². The lowest BCUT2D eigenvalue weighted by Crippen LogP contribution is -2.46. The third-order valence-corrected chi connectivity index (χ3v) is 4.62. The lowest BCUT2D eigenvalue weighted by Gasteiger charge is -2.34. The quantitative estimate of drug-likeness (QED) is 0.849.